The van der Waals surface area contributed by atoms with Gasteiger partial charge >= 0.3 is 5.97 Å². The molecule has 0 saturated carbocycles. The van der Waals surface area contributed by atoms with E-state index in [4.69, 9.17) is 4.74 Å². The van der Waals surface area contributed by atoms with E-state index in [9.17, 15) is 38.4 Å². The van der Waals surface area contributed by atoms with Gasteiger partial charge < -0.3 is 60.3 Å². The molecule has 87 heavy (non-hydrogen) atoms. The van der Waals surface area contributed by atoms with Crippen LogP contribution in [0.5, 0.6) is 0 Å². The summed E-state index contributed by atoms with van der Waals surface area (Å²) in [7, 11) is 9.85. The molecule has 0 radical (unpaired) electrons. The molecular formula is C63H111N11O13. The lowest BCUT2D eigenvalue weighted by atomic mass is 9.91. The summed E-state index contributed by atoms with van der Waals surface area (Å²) in [6.07, 6.45) is 3.00. The maximum Gasteiger partial charge on any atom is 0.303 e. The fourth-order valence-electron chi connectivity index (χ4n) is 11.0. The Balaban J connectivity index is 4.41. The van der Waals surface area contributed by atoms with Gasteiger partial charge in [-0.1, -0.05) is 109 Å². The van der Waals surface area contributed by atoms with Crippen molar-refractivity contribution in [3.63, 3.8) is 0 Å². The van der Waals surface area contributed by atoms with Gasteiger partial charge in [-0.3, -0.25) is 57.5 Å². The number of esters is 1. The number of likely N-dealkylation sites (N-methyl/N-ethyl adjacent to an activating group) is 7. The number of nitrogens with one attached hydrogen (secondary N) is 4. The highest BCUT2D eigenvalue weighted by atomic mass is 16.5. The Morgan fingerprint density at radius 3 is 1.38 bits per heavy atom. The van der Waals surface area contributed by atoms with Gasteiger partial charge in [0.25, 0.3) is 0 Å². The first-order valence-corrected chi connectivity index (χ1v) is 31.0. The van der Waals surface area contributed by atoms with Crippen LogP contribution in [0.2, 0.25) is 0 Å². The minimum atomic E-state index is -1.61. The van der Waals surface area contributed by atoms with Gasteiger partial charge in [0.2, 0.25) is 65.0 Å². The van der Waals surface area contributed by atoms with Gasteiger partial charge in [0.05, 0.1) is 6.54 Å². The smallest absolute Gasteiger partial charge is 0.303 e. The maximum absolute atomic E-state index is 15.4. The number of nitrogens with zero attached hydrogens (tertiary/aromatic N) is 7. The Morgan fingerprint density at radius 2 is 0.931 bits per heavy atom. The number of carbonyl (C=O) groups is 12. The maximum atomic E-state index is 15.4. The number of rotatable bonds is 15. The quantitative estimate of drug-likeness (QED) is 0.135. The predicted octanol–water partition coefficient (Wildman–Crippen LogP) is 3.45. The lowest BCUT2D eigenvalue weighted by Gasteiger charge is -2.42. The molecule has 11 amide bonds. The molecule has 0 aromatic carbocycles. The minimum absolute atomic E-state index is 0.00413. The topological polar surface area (TPSA) is 285 Å². The van der Waals surface area contributed by atoms with Crippen LogP contribution in [0, 0.1) is 41.4 Å². The third kappa shape index (κ3) is 21.9. The van der Waals surface area contributed by atoms with E-state index in [1.165, 1.54) is 94.6 Å². The molecule has 24 heteroatoms. The van der Waals surface area contributed by atoms with Crippen LogP contribution in [-0.2, 0) is 62.3 Å². The molecule has 496 valence electrons. The fourth-order valence-corrected chi connectivity index (χ4v) is 11.0. The number of allylic oxidation sites excluding steroid dienone is 2. The van der Waals surface area contributed by atoms with Crippen LogP contribution in [0.1, 0.15) is 157 Å². The van der Waals surface area contributed by atoms with Crippen molar-refractivity contribution in [2.24, 2.45) is 41.4 Å². The number of hydrogen-bond acceptors (Lipinski definition) is 13. The third-order valence-corrected chi connectivity index (χ3v) is 16.2. The predicted molar refractivity (Wildman–Crippen MR) is 333 cm³/mol. The number of carbonyl (C=O) groups excluding carboxylic acids is 12. The van der Waals surface area contributed by atoms with E-state index in [1.807, 2.05) is 47.6 Å². The molecule has 4 N–H and O–H groups in total. The Bertz CT molecular complexity index is 2430. The lowest BCUT2D eigenvalue weighted by molar-refractivity contribution is -0.164. The summed E-state index contributed by atoms with van der Waals surface area (Å²) in [5.41, 5.74) is 0. The molecular weight excluding hydrogens is 1120 g/mol. The average molecular weight is 1230 g/mol. The molecule has 0 bridgehead atoms. The molecule has 1 aliphatic rings. The van der Waals surface area contributed by atoms with Crippen molar-refractivity contribution in [2.45, 2.75) is 223 Å². The number of amides is 11. The monoisotopic (exact) mass is 1230 g/mol. The summed E-state index contributed by atoms with van der Waals surface area (Å²) >= 11 is 0. The van der Waals surface area contributed by atoms with Gasteiger partial charge in [-0.25, -0.2) is 0 Å². The van der Waals surface area contributed by atoms with Crippen molar-refractivity contribution in [1.29, 1.82) is 0 Å². The molecule has 0 aromatic rings. The summed E-state index contributed by atoms with van der Waals surface area (Å²) < 4.78 is 5.92. The van der Waals surface area contributed by atoms with Crippen LogP contribution in [0.25, 0.3) is 0 Å². The van der Waals surface area contributed by atoms with Gasteiger partial charge in [-0.05, 0) is 94.3 Å². The van der Waals surface area contributed by atoms with E-state index >= 15 is 19.2 Å². The van der Waals surface area contributed by atoms with Crippen LogP contribution in [0.3, 0.4) is 0 Å². The second-order valence-corrected chi connectivity index (χ2v) is 26.2. The zero-order valence-corrected chi connectivity index (χ0v) is 57.2. The zero-order valence-electron chi connectivity index (χ0n) is 57.2. The van der Waals surface area contributed by atoms with E-state index in [-0.39, 0.29) is 43.4 Å². The van der Waals surface area contributed by atoms with Gasteiger partial charge in [-0.15, -0.1) is 0 Å². The third-order valence-electron chi connectivity index (χ3n) is 16.2. The minimum Gasteiger partial charge on any atom is -0.459 e. The standard InChI is InChI=1S/C63H111N11O13/c1-26-28-29-40(15)53(87-43(18)75)52-57(80)66-44(27-2)59(82)68(19)33-48(76)72(23)50(38(11)12)56(79)67-49(37(9)10)62(85)69(20)45(30-34(3)4)55(78)64-41(16)54(77)65-42(17)58(81)70(21)46(31-35(5)6)60(83)71(22)47(32-36(7)8)61(84)73(24)51(39(13)14)63(86)74(52)25/h26,28,34-42,44-47,49-53H,27,29-33H2,1-25H3,(H,64,78)(H,65,77)(H,66,80)(H,67,79)/b28-26+/t40-,41-,42+,44+,45-,46+,47+,49-,50+,51+,52+,53-/m1/s1. The van der Waals surface area contributed by atoms with Crippen LogP contribution in [-0.4, -0.2) is 228 Å². The SMILES string of the molecule is C/C=C/C[C@@H](C)[C@@H](OC(C)=O)[C@H]1C(=O)N[C@@H](CC)C(=O)N(C)CC(=O)N(C)[C@@H](C(C)C)C(=O)N[C@H](C(C)C)C(=O)N(C)[C@H](CC(C)C)C(=O)N[C@H](C)C(=O)N[C@@H](C)C(=O)N(C)[C@@H](CC(C)C)C(=O)N(C)[C@@H](CC(C)C)C(=O)N(C)[C@@H](C(C)C)C(=O)N1C. The molecule has 12 atom stereocenters. The van der Waals surface area contributed by atoms with Crippen molar-refractivity contribution in [2.75, 3.05) is 55.9 Å². The first kappa shape index (κ1) is 78.4. The second kappa shape index (κ2) is 35.4. The van der Waals surface area contributed by atoms with E-state index in [0.717, 1.165) is 9.80 Å². The highest BCUT2D eigenvalue weighted by Gasteiger charge is 2.47. The van der Waals surface area contributed by atoms with E-state index in [1.54, 1.807) is 68.4 Å². The Kier molecular flexibility index (Phi) is 31.9. The summed E-state index contributed by atoms with van der Waals surface area (Å²) in [5, 5.41) is 11.0. The average Bonchev–Trinajstić information content (AvgIpc) is 1.17. The van der Waals surface area contributed by atoms with Crippen molar-refractivity contribution < 1.29 is 62.3 Å². The van der Waals surface area contributed by atoms with Crippen molar-refractivity contribution in [3.8, 4) is 0 Å². The highest BCUT2D eigenvalue weighted by molar-refractivity contribution is 5.99. The van der Waals surface area contributed by atoms with Gasteiger partial charge in [0, 0.05) is 56.3 Å². The Morgan fingerprint density at radius 1 is 0.494 bits per heavy atom. The zero-order chi connectivity index (χ0) is 67.6. The van der Waals surface area contributed by atoms with Crippen LogP contribution >= 0.6 is 0 Å². The number of hydrogen-bond donors (Lipinski definition) is 4. The molecule has 0 aliphatic carbocycles. The van der Waals surface area contributed by atoms with Crippen LogP contribution < -0.4 is 21.3 Å². The normalized spacial score (nSPS) is 26.5. The summed E-state index contributed by atoms with van der Waals surface area (Å²) in [6, 6.07) is -12.5. The molecule has 0 spiro atoms. The Labute approximate surface area is 519 Å². The van der Waals surface area contributed by atoms with Crippen molar-refractivity contribution in [1.82, 2.24) is 55.6 Å². The first-order valence-electron chi connectivity index (χ1n) is 31.0. The fraction of sp³-hybridized carbons (Fsp3) is 0.778. The molecule has 1 rings (SSSR count). The largest absolute Gasteiger partial charge is 0.459 e. The highest BCUT2D eigenvalue weighted by Crippen LogP contribution is 2.27. The Hall–Kier alpha value is -6.62. The first-order chi connectivity index (χ1) is 40.1. The number of ether oxygens (including phenoxy) is 1. The molecule has 1 saturated heterocycles. The lowest BCUT2D eigenvalue weighted by Crippen LogP contribution is -2.64. The van der Waals surface area contributed by atoms with Gasteiger partial charge in [0.1, 0.15) is 66.5 Å². The summed E-state index contributed by atoms with van der Waals surface area (Å²) in [4.78, 5) is 182. The molecule has 1 fully saturated rings. The molecule has 0 unspecified atom stereocenters. The van der Waals surface area contributed by atoms with Gasteiger partial charge in [-0.2, -0.15) is 0 Å². The summed E-state index contributed by atoms with van der Waals surface area (Å²) in [6.45, 7) is 30.1. The molecule has 1 aliphatic heterocycles. The van der Waals surface area contributed by atoms with Crippen LogP contribution in [0.4, 0.5) is 0 Å². The van der Waals surface area contributed by atoms with Crippen molar-refractivity contribution >= 4 is 70.9 Å². The van der Waals surface area contributed by atoms with Gasteiger partial charge in [0.15, 0.2) is 0 Å². The molecule has 24 nitrogen and oxygen atoms in total. The van der Waals surface area contributed by atoms with Crippen LogP contribution in [0.15, 0.2) is 12.2 Å². The van der Waals surface area contributed by atoms with E-state index in [2.05, 4.69) is 21.3 Å². The second-order valence-electron chi connectivity index (χ2n) is 26.2. The van der Waals surface area contributed by atoms with Crippen molar-refractivity contribution in [3.05, 3.63) is 12.2 Å². The molecule has 0 aromatic heterocycles. The summed E-state index contributed by atoms with van der Waals surface area (Å²) in [5.74, 6) is -11.1. The van der Waals surface area contributed by atoms with E-state index < -0.39 is 168 Å². The molecule has 1 heterocycles. The van der Waals surface area contributed by atoms with E-state index in [0.29, 0.717) is 6.42 Å².